The molecule has 4 heterocycles. The van der Waals surface area contributed by atoms with E-state index in [1.54, 1.807) is 17.5 Å². The fourth-order valence-corrected chi connectivity index (χ4v) is 4.63. The van der Waals surface area contributed by atoms with E-state index in [4.69, 9.17) is 0 Å². The number of hydrogen-bond donors (Lipinski definition) is 2. The number of nitrogens with one attached hydrogen (secondary N) is 2. The molecule has 0 fully saturated rings. The van der Waals surface area contributed by atoms with Crippen molar-refractivity contribution < 1.29 is 4.79 Å². The first-order chi connectivity index (χ1) is 13.6. The number of thiophene rings is 1. The van der Waals surface area contributed by atoms with Gasteiger partial charge in [-0.15, -0.1) is 11.3 Å². The number of aryl methyl sites for hydroxylation is 2. The number of imidazole rings is 1. The van der Waals surface area contributed by atoms with E-state index >= 15 is 0 Å². The molecule has 28 heavy (non-hydrogen) atoms. The van der Waals surface area contributed by atoms with Crippen LogP contribution in [0.5, 0.6) is 0 Å². The van der Waals surface area contributed by atoms with Gasteiger partial charge in [-0.05, 0) is 37.0 Å². The number of rotatable bonds is 6. The Balaban J connectivity index is 1.37. The van der Waals surface area contributed by atoms with E-state index in [1.165, 1.54) is 16.0 Å². The van der Waals surface area contributed by atoms with Gasteiger partial charge in [-0.2, -0.15) is 0 Å². The topological polar surface area (TPSA) is 73.9 Å². The molecule has 0 radical (unpaired) electrons. The molecule has 7 heteroatoms. The Morgan fingerprint density at radius 2 is 2.21 bits per heavy atom. The molecule has 3 aromatic rings. The van der Waals surface area contributed by atoms with Crippen molar-refractivity contribution >= 4 is 17.2 Å². The van der Waals surface area contributed by atoms with Crippen LogP contribution < -0.4 is 5.32 Å². The van der Waals surface area contributed by atoms with Crippen molar-refractivity contribution in [2.75, 3.05) is 6.54 Å². The minimum atomic E-state index is -0.0168. The van der Waals surface area contributed by atoms with Crippen molar-refractivity contribution in [3.05, 3.63) is 68.7 Å². The Morgan fingerprint density at radius 3 is 2.93 bits per heavy atom. The summed E-state index contributed by atoms with van der Waals surface area (Å²) < 4.78 is 0. The predicted molar refractivity (Wildman–Crippen MR) is 110 cm³/mol. The quantitative estimate of drug-likeness (QED) is 0.672. The number of aromatic nitrogens is 3. The van der Waals surface area contributed by atoms with E-state index in [-0.39, 0.29) is 5.91 Å². The van der Waals surface area contributed by atoms with Crippen LogP contribution >= 0.6 is 11.3 Å². The minimum absolute atomic E-state index is 0.0168. The van der Waals surface area contributed by atoms with Gasteiger partial charge < -0.3 is 10.3 Å². The molecule has 6 nitrogen and oxygen atoms in total. The van der Waals surface area contributed by atoms with E-state index in [9.17, 15) is 4.79 Å². The summed E-state index contributed by atoms with van der Waals surface area (Å²) in [6, 6.07) is 4.28. The summed E-state index contributed by atoms with van der Waals surface area (Å²) in [7, 11) is 0. The third-order valence-electron chi connectivity index (χ3n) is 5.12. The van der Waals surface area contributed by atoms with Crippen molar-refractivity contribution in [2.45, 2.75) is 46.3 Å². The lowest BCUT2D eigenvalue weighted by atomic mass is 10.0. The second-order valence-corrected chi connectivity index (χ2v) is 8.18. The van der Waals surface area contributed by atoms with E-state index in [0.717, 1.165) is 55.3 Å². The summed E-state index contributed by atoms with van der Waals surface area (Å²) in [5, 5.41) is 4.97. The van der Waals surface area contributed by atoms with Gasteiger partial charge in [0.1, 0.15) is 5.82 Å². The van der Waals surface area contributed by atoms with Crippen molar-refractivity contribution in [3.63, 3.8) is 0 Å². The van der Waals surface area contributed by atoms with Crippen molar-refractivity contribution in [3.8, 4) is 0 Å². The average Bonchev–Trinajstić information content (AvgIpc) is 3.32. The van der Waals surface area contributed by atoms with Crippen LogP contribution in [0.3, 0.4) is 0 Å². The van der Waals surface area contributed by atoms with Gasteiger partial charge in [0.25, 0.3) is 5.91 Å². The Hall–Kier alpha value is -2.51. The fourth-order valence-electron chi connectivity index (χ4n) is 3.51. The lowest BCUT2D eigenvalue weighted by Crippen LogP contribution is -2.31. The molecule has 0 bridgehead atoms. The van der Waals surface area contributed by atoms with Gasteiger partial charge >= 0.3 is 0 Å². The Kier molecular flexibility index (Phi) is 5.54. The highest BCUT2D eigenvalue weighted by atomic mass is 32.1. The molecule has 0 aliphatic carbocycles. The van der Waals surface area contributed by atoms with Crippen LogP contribution in [-0.2, 0) is 32.5 Å². The van der Waals surface area contributed by atoms with Crippen LogP contribution in [0.25, 0.3) is 0 Å². The lowest BCUT2D eigenvalue weighted by Gasteiger charge is -2.26. The molecule has 1 aliphatic rings. The van der Waals surface area contributed by atoms with E-state index in [2.05, 4.69) is 44.2 Å². The van der Waals surface area contributed by atoms with Gasteiger partial charge in [0.15, 0.2) is 0 Å². The molecular weight excluding hydrogens is 370 g/mol. The van der Waals surface area contributed by atoms with Crippen LogP contribution in [-0.4, -0.2) is 32.3 Å². The summed E-state index contributed by atoms with van der Waals surface area (Å²) in [5.74, 6) is 0.763. The molecule has 1 amide bonds. The molecule has 0 saturated carbocycles. The summed E-state index contributed by atoms with van der Waals surface area (Å²) in [6.45, 7) is 7.18. The van der Waals surface area contributed by atoms with Crippen LogP contribution in [0.2, 0.25) is 0 Å². The molecule has 0 saturated heterocycles. The number of nitrogens with zero attached hydrogens (tertiary/aromatic N) is 3. The Morgan fingerprint density at radius 1 is 1.32 bits per heavy atom. The summed E-state index contributed by atoms with van der Waals surface area (Å²) in [4.78, 5) is 28.3. The SMILES string of the molecule is CCc1ccc(CN2CCc3c(C(=O)NCc4ncc(C)[nH]4)csc3C2)nc1. The molecule has 0 spiro atoms. The lowest BCUT2D eigenvalue weighted by molar-refractivity contribution is 0.0948. The summed E-state index contributed by atoms with van der Waals surface area (Å²) >= 11 is 1.68. The second-order valence-electron chi connectivity index (χ2n) is 7.22. The highest BCUT2D eigenvalue weighted by Crippen LogP contribution is 2.29. The highest BCUT2D eigenvalue weighted by Gasteiger charge is 2.24. The first-order valence-electron chi connectivity index (χ1n) is 9.66. The molecule has 1 aliphatic heterocycles. The summed E-state index contributed by atoms with van der Waals surface area (Å²) in [5.41, 5.74) is 5.38. The van der Waals surface area contributed by atoms with Gasteiger partial charge in [-0.25, -0.2) is 4.98 Å². The van der Waals surface area contributed by atoms with Crippen molar-refractivity contribution in [1.82, 2.24) is 25.2 Å². The number of fused-ring (bicyclic) bond motifs is 1. The zero-order valence-electron chi connectivity index (χ0n) is 16.3. The first-order valence-corrected chi connectivity index (χ1v) is 10.5. The van der Waals surface area contributed by atoms with Gasteiger partial charge in [-0.1, -0.05) is 13.0 Å². The normalized spacial score (nSPS) is 14.1. The Labute approximate surface area is 169 Å². The zero-order chi connectivity index (χ0) is 19.5. The fraction of sp³-hybridized carbons (Fsp3) is 0.381. The monoisotopic (exact) mass is 395 g/mol. The highest BCUT2D eigenvalue weighted by molar-refractivity contribution is 7.10. The van der Waals surface area contributed by atoms with Gasteiger partial charge in [0, 0.05) is 48.0 Å². The molecular formula is C21H25N5OS. The van der Waals surface area contributed by atoms with Gasteiger partial charge in [-0.3, -0.25) is 14.7 Å². The molecule has 0 atom stereocenters. The van der Waals surface area contributed by atoms with Crippen molar-refractivity contribution in [1.29, 1.82) is 0 Å². The number of carbonyl (C=O) groups is 1. The predicted octanol–water partition coefficient (Wildman–Crippen LogP) is 3.23. The van der Waals surface area contributed by atoms with E-state index < -0.39 is 0 Å². The standard InChI is InChI=1S/C21H25N5OS/c1-3-15-4-5-16(22-9-15)11-26-7-6-17-18(13-28-19(17)12-26)21(27)24-10-20-23-8-14(2)25-20/h4-5,8-9,13H,3,6-7,10-12H2,1-2H3,(H,23,25)(H,24,27). The van der Waals surface area contributed by atoms with E-state index in [0.29, 0.717) is 6.54 Å². The second kappa shape index (κ2) is 8.24. The molecule has 4 rings (SSSR count). The zero-order valence-corrected chi connectivity index (χ0v) is 17.1. The number of pyridine rings is 1. The number of aromatic amines is 1. The first kappa shape index (κ1) is 18.8. The van der Waals surface area contributed by atoms with E-state index in [1.807, 2.05) is 18.5 Å². The third kappa shape index (κ3) is 4.15. The number of hydrogen-bond acceptors (Lipinski definition) is 5. The third-order valence-corrected chi connectivity index (χ3v) is 6.14. The maximum absolute atomic E-state index is 12.6. The maximum atomic E-state index is 12.6. The minimum Gasteiger partial charge on any atom is -0.345 e. The number of carbonyl (C=O) groups excluding carboxylic acids is 1. The van der Waals surface area contributed by atoms with Gasteiger partial charge in [0.2, 0.25) is 0 Å². The largest absolute Gasteiger partial charge is 0.345 e. The van der Waals surface area contributed by atoms with Crippen LogP contribution in [0.4, 0.5) is 0 Å². The smallest absolute Gasteiger partial charge is 0.252 e. The van der Waals surface area contributed by atoms with Crippen LogP contribution in [0, 0.1) is 6.92 Å². The Bertz CT molecular complexity index is 960. The van der Waals surface area contributed by atoms with Gasteiger partial charge in [0.05, 0.1) is 17.8 Å². The molecule has 0 unspecified atom stereocenters. The molecule has 2 N–H and O–H groups in total. The number of H-pyrrole nitrogens is 1. The molecule has 0 aromatic carbocycles. The van der Waals surface area contributed by atoms with Crippen LogP contribution in [0.1, 0.15) is 50.5 Å². The molecule has 146 valence electrons. The van der Waals surface area contributed by atoms with Crippen molar-refractivity contribution in [2.24, 2.45) is 0 Å². The van der Waals surface area contributed by atoms with Crippen LogP contribution in [0.15, 0.2) is 29.9 Å². The maximum Gasteiger partial charge on any atom is 0.252 e. The molecule has 3 aromatic heterocycles. The number of amides is 1. The average molecular weight is 396 g/mol. The summed E-state index contributed by atoms with van der Waals surface area (Å²) in [6.07, 6.45) is 5.65.